The second-order valence-corrected chi connectivity index (χ2v) is 5.77. The van der Waals surface area contributed by atoms with Crippen molar-refractivity contribution >= 4 is 27.3 Å². The van der Waals surface area contributed by atoms with Crippen LogP contribution < -0.4 is 10.5 Å². The highest BCUT2D eigenvalue weighted by Crippen LogP contribution is 2.08. The summed E-state index contributed by atoms with van der Waals surface area (Å²) >= 11 is 1.37. The Bertz CT molecular complexity index is 579. The normalized spacial score (nSPS) is 11.5. The molecule has 7 nitrogen and oxygen atoms in total. The zero-order chi connectivity index (χ0) is 12.3. The van der Waals surface area contributed by atoms with E-state index < -0.39 is 10.0 Å². The molecule has 3 N–H and O–H groups in total. The summed E-state index contributed by atoms with van der Waals surface area (Å²) < 4.78 is 26.0. The summed E-state index contributed by atoms with van der Waals surface area (Å²) in [6.45, 7) is 0.143. The molecule has 0 unspecified atom stereocenters. The third-order valence-corrected chi connectivity index (χ3v) is 3.99. The van der Waals surface area contributed by atoms with E-state index in [2.05, 4.69) is 19.7 Å². The standard InChI is InChI=1S/C8H9N5O2S2/c9-8-11-3-6(4-12-8)17(14,15)13-5-7-10-1-2-16-7/h1-4,13H,5H2,(H2,9,11,12). The van der Waals surface area contributed by atoms with Gasteiger partial charge in [0.1, 0.15) is 9.90 Å². The minimum atomic E-state index is -3.62. The highest BCUT2D eigenvalue weighted by molar-refractivity contribution is 7.89. The first kappa shape index (κ1) is 11.9. The lowest BCUT2D eigenvalue weighted by Crippen LogP contribution is -2.23. The van der Waals surface area contributed by atoms with Gasteiger partial charge in [0.15, 0.2) is 0 Å². The predicted molar refractivity (Wildman–Crippen MR) is 62.6 cm³/mol. The fraction of sp³-hybridized carbons (Fsp3) is 0.125. The van der Waals surface area contributed by atoms with Gasteiger partial charge >= 0.3 is 0 Å². The molecule has 2 aromatic heterocycles. The number of nitrogen functional groups attached to an aromatic ring is 1. The van der Waals surface area contributed by atoms with Gasteiger partial charge in [-0.15, -0.1) is 11.3 Å². The van der Waals surface area contributed by atoms with Crippen LogP contribution in [0, 0.1) is 0 Å². The van der Waals surface area contributed by atoms with Gasteiger partial charge in [-0.3, -0.25) is 0 Å². The van der Waals surface area contributed by atoms with Gasteiger partial charge in [-0.2, -0.15) is 0 Å². The van der Waals surface area contributed by atoms with Crippen molar-refractivity contribution in [1.82, 2.24) is 19.7 Å². The molecule has 17 heavy (non-hydrogen) atoms. The highest BCUT2D eigenvalue weighted by atomic mass is 32.2. The van der Waals surface area contributed by atoms with Crippen molar-refractivity contribution in [2.75, 3.05) is 5.73 Å². The zero-order valence-electron chi connectivity index (χ0n) is 8.57. The van der Waals surface area contributed by atoms with Crippen LogP contribution in [0.2, 0.25) is 0 Å². The summed E-state index contributed by atoms with van der Waals surface area (Å²) in [7, 11) is -3.62. The Kier molecular flexibility index (Phi) is 3.31. The minimum Gasteiger partial charge on any atom is -0.368 e. The molecule has 9 heteroatoms. The number of nitrogens with zero attached hydrogens (tertiary/aromatic N) is 3. The van der Waals surface area contributed by atoms with Crippen molar-refractivity contribution in [3.05, 3.63) is 29.0 Å². The summed E-state index contributed by atoms with van der Waals surface area (Å²) in [5, 5.41) is 2.46. The zero-order valence-corrected chi connectivity index (χ0v) is 10.2. The Morgan fingerprint density at radius 3 is 2.59 bits per heavy atom. The molecule has 2 aromatic rings. The van der Waals surface area contributed by atoms with E-state index in [4.69, 9.17) is 5.73 Å². The summed E-state index contributed by atoms with van der Waals surface area (Å²) in [6, 6.07) is 0. The number of anilines is 1. The average molecular weight is 271 g/mol. The van der Waals surface area contributed by atoms with E-state index in [1.165, 1.54) is 11.3 Å². The van der Waals surface area contributed by atoms with E-state index in [0.29, 0.717) is 5.01 Å². The van der Waals surface area contributed by atoms with Gasteiger partial charge in [0.05, 0.1) is 18.9 Å². The van der Waals surface area contributed by atoms with Crippen LogP contribution in [0.4, 0.5) is 5.95 Å². The Hall–Kier alpha value is -1.58. The third kappa shape index (κ3) is 2.96. The fourth-order valence-corrected chi connectivity index (χ4v) is 2.57. The molecule has 0 radical (unpaired) electrons. The summed E-state index contributed by atoms with van der Waals surface area (Å²) in [6.07, 6.45) is 3.93. The number of sulfonamides is 1. The van der Waals surface area contributed by atoms with Gasteiger partial charge in [0.2, 0.25) is 16.0 Å². The van der Waals surface area contributed by atoms with Crippen LogP contribution in [-0.4, -0.2) is 23.4 Å². The number of hydrogen-bond donors (Lipinski definition) is 2. The SMILES string of the molecule is Nc1ncc(S(=O)(=O)NCc2nccs2)cn1. The van der Waals surface area contributed by atoms with Gasteiger partial charge < -0.3 is 5.73 Å². The number of thiazole rings is 1. The lowest BCUT2D eigenvalue weighted by molar-refractivity contribution is 0.580. The monoisotopic (exact) mass is 271 g/mol. The Morgan fingerprint density at radius 2 is 2.00 bits per heavy atom. The largest absolute Gasteiger partial charge is 0.368 e. The van der Waals surface area contributed by atoms with Crippen LogP contribution >= 0.6 is 11.3 Å². The third-order valence-electron chi connectivity index (χ3n) is 1.86. The van der Waals surface area contributed by atoms with E-state index in [1.807, 2.05) is 0 Å². The van der Waals surface area contributed by atoms with E-state index >= 15 is 0 Å². The number of nitrogens with two attached hydrogens (primary N) is 1. The molecule has 0 amide bonds. The summed E-state index contributed by atoms with van der Waals surface area (Å²) in [5.41, 5.74) is 5.28. The fourth-order valence-electron chi connectivity index (χ4n) is 1.05. The summed E-state index contributed by atoms with van der Waals surface area (Å²) in [5.74, 6) is 0.0314. The second-order valence-electron chi connectivity index (χ2n) is 3.03. The topological polar surface area (TPSA) is 111 Å². The predicted octanol–water partition coefficient (Wildman–Crippen LogP) is -0.00620. The first-order chi connectivity index (χ1) is 8.08. The van der Waals surface area contributed by atoms with E-state index in [-0.39, 0.29) is 17.4 Å². The van der Waals surface area contributed by atoms with E-state index in [1.54, 1.807) is 11.6 Å². The van der Waals surface area contributed by atoms with Crippen molar-refractivity contribution in [1.29, 1.82) is 0 Å². The molecule has 0 saturated carbocycles. The smallest absolute Gasteiger partial charge is 0.244 e. The molecule has 0 atom stereocenters. The highest BCUT2D eigenvalue weighted by Gasteiger charge is 2.15. The lowest BCUT2D eigenvalue weighted by atomic mass is 10.7. The van der Waals surface area contributed by atoms with Gasteiger partial charge in [0, 0.05) is 11.6 Å². The molecule has 0 aliphatic heterocycles. The van der Waals surface area contributed by atoms with Gasteiger partial charge in [-0.1, -0.05) is 0 Å². The van der Waals surface area contributed by atoms with E-state index in [0.717, 1.165) is 12.4 Å². The number of hydrogen-bond acceptors (Lipinski definition) is 7. The first-order valence-corrected chi connectivity index (χ1v) is 6.90. The molecule has 2 heterocycles. The van der Waals surface area contributed by atoms with Crippen LogP contribution in [0.15, 0.2) is 28.9 Å². The minimum absolute atomic E-state index is 0.0248. The van der Waals surface area contributed by atoms with Gasteiger partial charge in [0.25, 0.3) is 0 Å². The Morgan fingerprint density at radius 1 is 1.29 bits per heavy atom. The van der Waals surface area contributed by atoms with Crippen LogP contribution in [0.1, 0.15) is 5.01 Å². The number of rotatable bonds is 4. The summed E-state index contributed by atoms with van der Waals surface area (Å²) in [4.78, 5) is 11.2. The molecular formula is C8H9N5O2S2. The Labute approximate surface area is 102 Å². The number of nitrogens with one attached hydrogen (secondary N) is 1. The van der Waals surface area contributed by atoms with Crippen LogP contribution in [0.5, 0.6) is 0 Å². The van der Waals surface area contributed by atoms with E-state index in [9.17, 15) is 8.42 Å². The molecule has 0 aliphatic rings. The van der Waals surface area contributed by atoms with Gasteiger partial charge in [-0.05, 0) is 0 Å². The van der Waals surface area contributed by atoms with Crippen molar-refractivity contribution in [2.24, 2.45) is 0 Å². The van der Waals surface area contributed by atoms with Crippen molar-refractivity contribution in [3.63, 3.8) is 0 Å². The van der Waals surface area contributed by atoms with Crippen molar-refractivity contribution < 1.29 is 8.42 Å². The second kappa shape index (κ2) is 4.73. The quantitative estimate of drug-likeness (QED) is 0.809. The van der Waals surface area contributed by atoms with Crippen LogP contribution in [0.3, 0.4) is 0 Å². The maximum absolute atomic E-state index is 11.8. The molecular weight excluding hydrogens is 262 g/mol. The molecule has 0 saturated heterocycles. The lowest BCUT2D eigenvalue weighted by Gasteiger charge is -2.04. The van der Waals surface area contributed by atoms with Crippen LogP contribution in [0.25, 0.3) is 0 Å². The molecule has 0 bridgehead atoms. The first-order valence-electron chi connectivity index (χ1n) is 4.53. The molecule has 0 spiro atoms. The van der Waals surface area contributed by atoms with Gasteiger partial charge in [-0.25, -0.2) is 28.1 Å². The van der Waals surface area contributed by atoms with Crippen molar-refractivity contribution in [3.8, 4) is 0 Å². The van der Waals surface area contributed by atoms with Crippen molar-refractivity contribution in [2.45, 2.75) is 11.4 Å². The van der Waals surface area contributed by atoms with Crippen LogP contribution in [-0.2, 0) is 16.6 Å². The Balaban J connectivity index is 2.11. The average Bonchev–Trinajstić information content (AvgIpc) is 2.80. The molecule has 0 aromatic carbocycles. The molecule has 0 fully saturated rings. The maximum Gasteiger partial charge on any atom is 0.244 e. The molecule has 0 aliphatic carbocycles. The number of aromatic nitrogens is 3. The molecule has 2 rings (SSSR count). The molecule has 90 valence electrons. The maximum atomic E-state index is 11.8.